The van der Waals surface area contributed by atoms with E-state index in [4.69, 9.17) is 4.98 Å². The molecule has 5 nitrogen and oxygen atoms in total. The number of hydrogen-bond donors (Lipinski definition) is 1. The molecule has 1 aromatic heterocycles. The van der Waals surface area contributed by atoms with Crippen LogP contribution in [0.25, 0.3) is 10.9 Å². The molecule has 1 saturated carbocycles. The quantitative estimate of drug-likeness (QED) is 0.432. The first kappa shape index (κ1) is 19.2. The molecular formula is C21H20BrN3O2S. The van der Waals surface area contributed by atoms with Crippen LogP contribution in [0.3, 0.4) is 0 Å². The molecule has 7 heteroatoms. The first-order valence-corrected chi connectivity index (χ1v) is 11.1. The van der Waals surface area contributed by atoms with Gasteiger partial charge in [0.2, 0.25) is 5.91 Å². The minimum atomic E-state index is -0.128. The molecule has 0 radical (unpaired) electrons. The number of nitrogens with one attached hydrogen (secondary N) is 1. The van der Waals surface area contributed by atoms with Crippen LogP contribution >= 0.6 is 27.7 Å². The normalized spacial score (nSPS) is 14.5. The Kier molecular flexibility index (Phi) is 5.82. The summed E-state index contributed by atoms with van der Waals surface area (Å²) in [6.07, 6.45) is 4.21. The monoisotopic (exact) mass is 457 g/mol. The van der Waals surface area contributed by atoms with Crippen LogP contribution in [0.2, 0.25) is 0 Å². The highest BCUT2D eigenvalue weighted by Gasteiger charge is 2.23. The maximum atomic E-state index is 13.1. The highest BCUT2D eigenvalue weighted by molar-refractivity contribution is 9.10. The van der Waals surface area contributed by atoms with Gasteiger partial charge in [-0.15, -0.1) is 0 Å². The SMILES string of the molecule is O=C(CSc1nc2ccccc2c(=O)n1C1CCCC1)Nc1ccccc1Br. The third-order valence-electron chi connectivity index (χ3n) is 4.95. The molecule has 1 aliphatic carbocycles. The number of rotatable bonds is 5. The second-order valence-corrected chi connectivity index (χ2v) is 8.64. The summed E-state index contributed by atoms with van der Waals surface area (Å²) in [5.74, 6) is 0.0658. The van der Waals surface area contributed by atoms with Crippen LogP contribution in [-0.2, 0) is 4.79 Å². The van der Waals surface area contributed by atoms with Gasteiger partial charge >= 0.3 is 0 Å². The fourth-order valence-corrected chi connectivity index (χ4v) is 4.84. The lowest BCUT2D eigenvalue weighted by atomic mass is 10.2. The van der Waals surface area contributed by atoms with Crippen molar-refractivity contribution >= 4 is 50.2 Å². The van der Waals surface area contributed by atoms with E-state index in [0.29, 0.717) is 16.1 Å². The number of halogens is 1. The van der Waals surface area contributed by atoms with Crippen LogP contribution in [0, 0.1) is 0 Å². The molecule has 3 aromatic rings. The van der Waals surface area contributed by atoms with Crippen LogP contribution in [0.5, 0.6) is 0 Å². The molecule has 4 rings (SSSR count). The van der Waals surface area contributed by atoms with Gasteiger partial charge in [-0.05, 0) is 53.0 Å². The molecule has 1 aliphatic rings. The van der Waals surface area contributed by atoms with Crippen molar-refractivity contribution < 1.29 is 4.79 Å². The number of para-hydroxylation sites is 2. The summed E-state index contributed by atoms with van der Waals surface area (Å²) in [5.41, 5.74) is 1.40. The van der Waals surface area contributed by atoms with Crippen molar-refractivity contribution in [3.8, 4) is 0 Å². The van der Waals surface area contributed by atoms with Gasteiger partial charge in [0.15, 0.2) is 5.16 Å². The second-order valence-electron chi connectivity index (χ2n) is 6.84. The van der Waals surface area contributed by atoms with Crippen molar-refractivity contribution in [3.63, 3.8) is 0 Å². The number of fused-ring (bicyclic) bond motifs is 1. The summed E-state index contributed by atoms with van der Waals surface area (Å²) in [6, 6.07) is 15.1. The summed E-state index contributed by atoms with van der Waals surface area (Å²) >= 11 is 4.76. The summed E-state index contributed by atoms with van der Waals surface area (Å²) in [4.78, 5) is 30.3. The lowest BCUT2D eigenvalue weighted by Gasteiger charge is -2.18. The zero-order valence-electron chi connectivity index (χ0n) is 15.2. The Morgan fingerprint density at radius 2 is 1.86 bits per heavy atom. The summed E-state index contributed by atoms with van der Waals surface area (Å²) in [5, 5.41) is 4.16. The predicted molar refractivity (Wildman–Crippen MR) is 117 cm³/mol. The van der Waals surface area contributed by atoms with Crippen molar-refractivity contribution in [2.45, 2.75) is 36.9 Å². The maximum Gasteiger partial charge on any atom is 0.262 e. The van der Waals surface area contributed by atoms with E-state index >= 15 is 0 Å². The van der Waals surface area contributed by atoms with Gasteiger partial charge in [-0.2, -0.15) is 0 Å². The number of hydrogen-bond acceptors (Lipinski definition) is 4. The number of benzene rings is 2. The van der Waals surface area contributed by atoms with E-state index in [-0.39, 0.29) is 23.3 Å². The topological polar surface area (TPSA) is 64.0 Å². The van der Waals surface area contributed by atoms with Crippen molar-refractivity contribution in [2.24, 2.45) is 0 Å². The standard InChI is InChI=1S/C21H20BrN3O2S/c22-16-10-4-6-12-18(16)23-19(26)13-28-21-24-17-11-5-3-9-15(17)20(27)25(21)14-7-1-2-8-14/h3-6,9-12,14H,1-2,7-8,13H2,(H,23,26). The molecule has 144 valence electrons. The van der Waals surface area contributed by atoms with Gasteiger partial charge in [0.05, 0.1) is 22.3 Å². The third-order valence-corrected chi connectivity index (χ3v) is 6.59. The molecule has 0 bridgehead atoms. The van der Waals surface area contributed by atoms with Gasteiger partial charge in [0, 0.05) is 10.5 Å². The Balaban J connectivity index is 1.60. The molecule has 28 heavy (non-hydrogen) atoms. The number of aromatic nitrogens is 2. The molecule has 0 atom stereocenters. The van der Waals surface area contributed by atoms with E-state index < -0.39 is 0 Å². The highest BCUT2D eigenvalue weighted by Crippen LogP contribution is 2.32. The predicted octanol–water partition coefficient (Wildman–Crippen LogP) is 5.00. The smallest absolute Gasteiger partial charge is 0.262 e. The number of thioether (sulfide) groups is 1. The summed E-state index contributed by atoms with van der Waals surface area (Å²) in [7, 11) is 0. The number of carbonyl (C=O) groups excluding carboxylic acids is 1. The molecule has 0 saturated heterocycles. The fraction of sp³-hybridized carbons (Fsp3) is 0.286. The lowest BCUT2D eigenvalue weighted by Crippen LogP contribution is -2.27. The molecule has 1 fully saturated rings. The zero-order valence-corrected chi connectivity index (χ0v) is 17.6. The highest BCUT2D eigenvalue weighted by atomic mass is 79.9. The van der Waals surface area contributed by atoms with Crippen LogP contribution < -0.4 is 10.9 Å². The van der Waals surface area contributed by atoms with Crippen molar-refractivity contribution in [1.82, 2.24) is 9.55 Å². The number of anilines is 1. The minimum Gasteiger partial charge on any atom is -0.324 e. The third kappa shape index (κ3) is 4.00. The summed E-state index contributed by atoms with van der Waals surface area (Å²) < 4.78 is 2.64. The largest absolute Gasteiger partial charge is 0.324 e. The van der Waals surface area contributed by atoms with E-state index in [1.165, 1.54) is 11.8 Å². The Bertz CT molecular complexity index is 1080. The van der Waals surface area contributed by atoms with Gasteiger partial charge in [-0.3, -0.25) is 14.2 Å². The van der Waals surface area contributed by atoms with E-state index in [0.717, 1.165) is 35.8 Å². The molecular weight excluding hydrogens is 438 g/mol. The number of amides is 1. The first-order chi connectivity index (χ1) is 13.6. The Hall–Kier alpha value is -2.12. The van der Waals surface area contributed by atoms with Crippen LogP contribution in [0.1, 0.15) is 31.7 Å². The molecule has 2 aromatic carbocycles. The Labute approximate surface area is 175 Å². The average Bonchev–Trinajstić information content (AvgIpc) is 3.22. The Morgan fingerprint density at radius 1 is 1.14 bits per heavy atom. The number of nitrogens with zero attached hydrogens (tertiary/aromatic N) is 2. The fourth-order valence-electron chi connectivity index (χ4n) is 3.59. The van der Waals surface area contributed by atoms with Crippen LogP contribution in [0.4, 0.5) is 5.69 Å². The van der Waals surface area contributed by atoms with Gasteiger partial charge in [-0.25, -0.2) is 4.98 Å². The van der Waals surface area contributed by atoms with Crippen molar-refractivity contribution in [3.05, 3.63) is 63.4 Å². The zero-order chi connectivity index (χ0) is 19.5. The maximum absolute atomic E-state index is 13.1. The second kappa shape index (κ2) is 8.49. The van der Waals surface area contributed by atoms with Crippen molar-refractivity contribution in [2.75, 3.05) is 11.1 Å². The van der Waals surface area contributed by atoms with Crippen molar-refractivity contribution in [1.29, 1.82) is 0 Å². The molecule has 1 heterocycles. The molecule has 1 amide bonds. The summed E-state index contributed by atoms with van der Waals surface area (Å²) in [6.45, 7) is 0. The average molecular weight is 458 g/mol. The first-order valence-electron chi connectivity index (χ1n) is 9.32. The van der Waals surface area contributed by atoms with E-state index in [1.807, 2.05) is 53.1 Å². The molecule has 1 N–H and O–H groups in total. The van der Waals surface area contributed by atoms with Gasteiger partial charge in [-0.1, -0.05) is 48.9 Å². The molecule has 0 spiro atoms. The van der Waals surface area contributed by atoms with E-state index in [2.05, 4.69) is 21.2 Å². The van der Waals surface area contributed by atoms with Gasteiger partial charge in [0.25, 0.3) is 5.56 Å². The van der Waals surface area contributed by atoms with E-state index in [9.17, 15) is 9.59 Å². The van der Waals surface area contributed by atoms with Gasteiger partial charge in [0.1, 0.15) is 0 Å². The Morgan fingerprint density at radius 3 is 2.64 bits per heavy atom. The number of carbonyl (C=O) groups is 1. The minimum absolute atomic E-state index is 0.00814. The van der Waals surface area contributed by atoms with Crippen LogP contribution in [-0.4, -0.2) is 21.2 Å². The van der Waals surface area contributed by atoms with Crippen LogP contribution in [0.15, 0.2) is 63.0 Å². The molecule has 0 unspecified atom stereocenters. The molecule has 0 aliphatic heterocycles. The lowest BCUT2D eigenvalue weighted by molar-refractivity contribution is -0.113. The van der Waals surface area contributed by atoms with Gasteiger partial charge < -0.3 is 5.32 Å². The van der Waals surface area contributed by atoms with E-state index in [1.54, 1.807) is 0 Å².